The summed E-state index contributed by atoms with van der Waals surface area (Å²) in [5, 5.41) is 0. The highest BCUT2D eigenvalue weighted by Crippen LogP contribution is 2.45. The van der Waals surface area contributed by atoms with Gasteiger partial charge in [-0.15, -0.1) is 0 Å². The summed E-state index contributed by atoms with van der Waals surface area (Å²) in [6.07, 6.45) is 4.47. The van der Waals surface area contributed by atoms with Crippen molar-refractivity contribution < 1.29 is 19.1 Å². The molecule has 96 valence electrons. The summed E-state index contributed by atoms with van der Waals surface area (Å²) in [7, 11) is 0. The number of cyclic esters (lactones) is 2. The highest BCUT2D eigenvalue weighted by atomic mass is 16.6. The van der Waals surface area contributed by atoms with Crippen molar-refractivity contribution in [3.63, 3.8) is 0 Å². The first-order chi connectivity index (χ1) is 9.16. The van der Waals surface area contributed by atoms with Crippen molar-refractivity contribution in [2.24, 2.45) is 11.3 Å². The zero-order valence-corrected chi connectivity index (χ0v) is 10.2. The van der Waals surface area contributed by atoms with E-state index in [2.05, 4.69) is 0 Å². The molecular formula is C15H12O4. The predicted molar refractivity (Wildman–Crippen MR) is 66.2 cm³/mol. The quantitative estimate of drug-likeness (QED) is 0.351. The maximum absolute atomic E-state index is 12.7. The van der Waals surface area contributed by atoms with Crippen LogP contribution in [0.15, 0.2) is 42.5 Å². The monoisotopic (exact) mass is 256 g/mol. The molecule has 0 radical (unpaired) electrons. The van der Waals surface area contributed by atoms with Gasteiger partial charge in [0.15, 0.2) is 11.2 Å². The minimum absolute atomic E-state index is 0.357. The smallest absolute Gasteiger partial charge is 0.332 e. The predicted octanol–water partition coefficient (Wildman–Crippen LogP) is 1.91. The number of carbonyl (C=O) groups is 3. The molecule has 1 fully saturated rings. The highest BCUT2D eigenvalue weighted by Gasteiger charge is 2.61. The van der Waals surface area contributed by atoms with E-state index in [0.717, 1.165) is 0 Å². The second kappa shape index (κ2) is 4.16. The molecule has 2 aliphatic rings. The molecule has 0 N–H and O–H groups in total. The second-order valence-corrected chi connectivity index (χ2v) is 4.81. The van der Waals surface area contributed by atoms with Crippen LogP contribution >= 0.6 is 0 Å². The van der Waals surface area contributed by atoms with Crippen LogP contribution in [0.3, 0.4) is 0 Å². The molecule has 4 nitrogen and oxygen atoms in total. The lowest BCUT2D eigenvalue weighted by Gasteiger charge is -2.27. The molecule has 4 heteroatoms. The van der Waals surface area contributed by atoms with E-state index in [4.69, 9.17) is 4.74 Å². The molecule has 1 aliphatic heterocycles. The minimum Gasteiger partial charge on any atom is -0.392 e. The molecule has 1 saturated heterocycles. The summed E-state index contributed by atoms with van der Waals surface area (Å²) in [4.78, 5) is 36.4. The molecule has 2 atom stereocenters. The molecule has 0 spiro atoms. The molecule has 1 heterocycles. The lowest BCUT2D eigenvalue weighted by Crippen LogP contribution is -2.41. The summed E-state index contributed by atoms with van der Waals surface area (Å²) < 4.78 is 4.70. The third-order valence-electron chi connectivity index (χ3n) is 3.78. The molecular weight excluding hydrogens is 244 g/mol. The van der Waals surface area contributed by atoms with Crippen molar-refractivity contribution in [3.8, 4) is 0 Å². The third kappa shape index (κ3) is 1.56. The van der Waals surface area contributed by atoms with Crippen LogP contribution < -0.4 is 0 Å². The topological polar surface area (TPSA) is 60.4 Å². The van der Waals surface area contributed by atoms with E-state index in [9.17, 15) is 14.4 Å². The van der Waals surface area contributed by atoms with Gasteiger partial charge in [0.25, 0.3) is 0 Å². The molecule has 0 aromatic heterocycles. The first kappa shape index (κ1) is 11.8. The van der Waals surface area contributed by atoms with Gasteiger partial charge in [-0.25, -0.2) is 0 Å². The number of hydrogen-bond acceptors (Lipinski definition) is 4. The Morgan fingerprint density at radius 2 is 1.95 bits per heavy atom. The third-order valence-corrected chi connectivity index (χ3v) is 3.78. The Balaban J connectivity index is 2.12. The number of Topliss-reactive ketones (excluding diaryl/α,β-unsaturated/α-hetero) is 1. The van der Waals surface area contributed by atoms with Crippen LogP contribution in [-0.2, 0) is 14.3 Å². The van der Waals surface area contributed by atoms with Gasteiger partial charge >= 0.3 is 11.9 Å². The van der Waals surface area contributed by atoms with Gasteiger partial charge in [0.05, 0.1) is 5.92 Å². The van der Waals surface area contributed by atoms with Crippen LogP contribution in [0.1, 0.15) is 23.2 Å². The maximum atomic E-state index is 12.7. The van der Waals surface area contributed by atoms with Gasteiger partial charge in [-0.3, -0.25) is 14.4 Å². The standard InChI is InChI=1S/C15H12O4/c16-12(10-6-2-1-3-7-10)15-9-5-4-8-11(15)13(17)19-14(15)18/h1-3,5-7,9,11H,4,8H2. The van der Waals surface area contributed by atoms with Gasteiger partial charge in [-0.05, 0) is 12.8 Å². The molecule has 1 aromatic rings. The van der Waals surface area contributed by atoms with E-state index in [0.29, 0.717) is 18.4 Å². The molecule has 0 amide bonds. The average molecular weight is 256 g/mol. The normalized spacial score (nSPS) is 28.9. The number of rotatable bonds is 2. The van der Waals surface area contributed by atoms with Crippen LogP contribution in [0.5, 0.6) is 0 Å². The molecule has 2 unspecified atom stereocenters. The molecule has 0 saturated carbocycles. The zero-order valence-electron chi connectivity index (χ0n) is 10.2. The number of hydrogen-bond donors (Lipinski definition) is 0. The van der Waals surface area contributed by atoms with Gasteiger partial charge in [-0.1, -0.05) is 42.5 Å². The summed E-state index contributed by atoms with van der Waals surface area (Å²) in [6.45, 7) is 0. The van der Waals surface area contributed by atoms with Crippen molar-refractivity contribution in [2.75, 3.05) is 0 Å². The van der Waals surface area contributed by atoms with Crippen LogP contribution in [0, 0.1) is 11.3 Å². The minimum atomic E-state index is -1.45. The highest BCUT2D eigenvalue weighted by molar-refractivity contribution is 6.21. The lowest BCUT2D eigenvalue weighted by molar-refractivity contribution is -0.154. The lowest BCUT2D eigenvalue weighted by atomic mass is 9.67. The summed E-state index contributed by atoms with van der Waals surface area (Å²) in [5.74, 6) is -2.37. The van der Waals surface area contributed by atoms with E-state index >= 15 is 0 Å². The Morgan fingerprint density at radius 3 is 2.68 bits per heavy atom. The largest absolute Gasteiger partial charge is 0.392 e. The number of benzene rings is 1. The first-order valence-electron chi connectivity index (χ1n) is 6.20. The second-order valence-electron chi connectivity index (χ2n) is 4.81. The van der Waals surface area contributed by atoms with Gasteiger partial charge < -0.3 is 4.74 Å². The SMILES string of the molecule is O=C1OC(=O)C2(C(=O)c3ccccc3)C=CCCC12. The Hall–Kier alpha value is -2.23. The number of ether oxygens (including phenoxy) is 1. The number of carbonyl (C=O) groups excluding carboxylic acids is 3. The fourth-order valence-corrected chi connectivity index (χ4v) is 2.79. The van der Waals surface area contributed by atoms with E-state index in [1.807, 2.05) is 0 Å². The van der Waals surface area contributed by atoms with Crippen LogP contribution in [0.4, 0.5) is 0 Å². The summed E-state index contributed by atoms with van der Waals surface area (Å²) >= 11 is 0. The molecule has 3 rings (SSSR count). The van der Waals surface area contributed by atoms with Crippen LogP contribution in [0.2, 0.25) is 0 Å². The van der Waals surface area contributed by atoms with Crippen LogP contribution in [-0.4, -0.2) is 17.7 Å². The van der Waals surface area contributed by atoms with E-state index in [1.54, 1.807) is 42.5 Å². The van der Waals surface area contributed by atoms with Gasteiger partial charge in [0.1, 0.15) is 0 Å². The summed E-state index contributed by atoms with van der Waals surface area (Å²) in [6, 6.07) is 8.54. The van der Waals surface area contributed by atoms with Gasteiger partial charge in [0.2, 0.25) is 0 Å². The van der Waals surface area contributed by atoms with Gasteiger partial charge in [-0.2, -0.15) is 0 Å². The number of allylic oxidation sites excluding steroid dienone is 1. The Morgan fingerprint density at radius 1 is 1.21 bits per heavy atom. The van der Waals surface area contributed by atoms with Crippen molar-refractivity contribution in [1.29, 1.82) is 0 Å². The first-order valence-corrected chi connectivity index (χ1v) is 6.20. The maximum Gasteiger partial charge on any atom is 0.332 e. The average Bonchev–Trinajstić information content (AvgIpc) is 2.72. The van der Waals surface area contributed by atoms with Gasteiger partial charge in [0, 0.05) is 5.56 Å². The molecule has 1 aromatic carbocycles. The van der Waals surface area contributed by atoms with Crippen molar-refractivity contribution in [2.45, 2.75) is 12.8 Å². The Bertz CT molecular complexity index is 587. The molecule has 19 heavy (non-hydrogen) atoms. The van der Waals surface area contributed by atoms with E-state index < -0.39 is 23.3 Å². The number of fused-ring (bicyclic) bond motifs is 1. The van der Waals surface area contributed by atoms with Crippen molar-refractivity contribution in [3.05, 3.63) is 48.0 Å². The van der Waals surface area contributed by atoms with E-state index in [-0.39, 0.29) is 5.78 Å². The fraction of sp³-hybridized carbons (Fsp3) is 0.267. The molecule has 0 bridgehead atoms. The fourth-order valence-electron chi connectivity index (χ4n) is 2.79. The van der Waals surface area contributed by atoms with E-state index in [1.165, 1.54) is 0 Å². The molecule has 1 aliphatic carbocycles. The number of ketones is 1. The number of esters is 2. The summed E-state index contributed by atoms with van der Waals surface area (Å²) in [5.41, 5.74) is -1.03. The van der Waals surface area contributed by atoms with Crippen molar-refractivity contribution >= 4 is 17.7 Å². The Labute approximate surface area is 110 Å². The van der Waals surface area contributed by atoms with Crippen molar-refractivity contribution in [1.82, 2.24) is 0 Å². The van der Waals surface area contributed by atoms with Crippen LogP contribution in [0.25, 0.3) is 0 Å². The zero-order chi connectivity index (χ0) is 13.5. The Kier molecular flexibility index (Phi) is 2.59.